The molecule has 0 aromatic heterocycles. The number of amides is 2. The van der Waals surface area contributed by atoms with Crippen molar-refractivity contribution in [1.82, 2.24) is 10.2 Å². The summed E-state index contributed by atoms with van der Waals surface area (Å²) in [7, 11) is -1.39. The van der Waals surface area contributed by atoms with Crippen molar-refractivity contribution >= 4 is 15.9 Å². The van der Waals surface area contributed by atoms with Crippen molar-refractivity contribution < 1.29 is 13.2 Å². The van der Waals surface area contributed by atoms with E-state index in [1.165, 1.54) is 17.7 Å². The molecule has 6 heteroatoms. The normalized spacial score (nSPS) is 24.4. The smallest absolute Gasteiger partial charge is 0.317 e. The first kappa shape index (κ1) is 18.3. The molecule has 0 bridgehead atoms. The Bertz CT molecular complexity index is 436. The van der Waals surface area contributed by atoms with Crippen LogP contribution >= 0.6 is 0 Å². The van der Waals surface area contributed by atoms with Crippen molar-refractivity contribution in [2.75, 3.05) is 18.6 Å². The predicted octanol–water partition coefficient (Wildman–Crippen LogP) is 2.42. The summed E-state index contributed by atoms with van der Waals surface area (Å²) in [5.41, 5.74) is 0. The second-order valence-electron chi connectivity index (χ2n) is 6.17. The molecule has 0 unspecified atom stereocenters. The van der Waals surface area contributed by atoms with Crippen molar-refractivity contribution in [3.8, 4) is 0 Å². The number of carbonyl (C=O) groups is 1. The first-order valence-corrected chi connectivity index (χ1v) is 9.86. The highest BCUT2D eigenvalue weighted by Crippen LogP contribution is 2.26. The van der Waals surface area contributed by atoms with E-state index in [1.807, 2.05) is 0 Å². The maximum Gasteiger partial charge on any atom is 0.317 e. The molecule has 1 rings (SSSR count). The van der Waals surface area contributed by atoms with Crippen LogP contribution in [0, 0.1) is 5.92 Å². The molecular formula is C15H30N2O3S. The van der Waals surface area contributed by atoms with Gasteiger partial charge in [-0.2, -0.15) is 0 Å². The lowest BCUT2D eigenvalue weighted by molar-refractivity contribution is 0.179. The van der Waals surface area contributed by atoms with Gasteiger partial charge in [0.2, 0.25) is 0 Å². The summed E-state index contributed by atoms with van der Waals surface area (Å²) >= 11 is 0. The summed E-state index contributed by atoms with van der Waals surface area (Å²) < 4.78 is 23.3. The summed E-state index contributed by atoms with van der Waals surface area (Å²) in [5, 5.41) is 3.10. The van der Waals surface area contributed by atoms with Gasteiger partial charge in [0.15, 0.2) is 9.84 Å². The van der Waals surface area contributed by atoms with Gasteiger partial charge in [0, 0.05) is 24.9 Å². The van der Waals surface area contributed by atoms with Crippen LogP contribution in [-0.4, -0.2) is 50.0 Å². The Morgan fingerprint density at radius 1 is 1.29 bits per heavy atom. The lowest BCUT2D eigenvalue weighted by Gasteiger charge is -2.34. The molecule has 1 fully saturated rings. The summed E-state index contributed by atoms with van der Waals surface area (Å²) in [6, 6.07) is -0.230. The van der Waals surface area contributed by atoms with Gasteiger partial charge in [-0.25, -0.2) is 13.2 Å². The summed E-state index contributed by atoms with van der Waals surface area (Å²) in [5.74, 6) is 0.689. The highest BCUT2D eigenvalue weighted by atomic mass is 32.2. The Balaban J connectivity index is 2.57. The van der Waals surface area contributed by atoms with Crippen LogP contribution in [0.25, 0.3) is 0 Å². The molecule has 0 heterocycles. The lowest BCUT2D eigenvalue weighted by Crippen LogP contribution is -2.50. The number of hydrogen-bond donors (Lipinski definition) is 1. The number of rotatable bonds is 6. The van der Waals surface area contributed by atoms with E-state index in [2.05, 4.69) is 12.2 Å². The molecule has 1 N–H and O–H groups in total. The minimum Gasteiger partial charge on any atom is -0.335 e. The lowest BCUT2D eigenvalue weighted by atomic mass is 9.83. The van der Waals surface area contributed by atoms with E-state index in [-0.39, 0.29) is 29.6 Å². The summed E-state index contributed by atoms with van der Waals surface area (Å²) in [4.78, 5) is 13.8. The fourth-order valence-corrected chi connectivity index (χ4v) is 4.14. The number of sulfone groups is 1. The molecule has 0 spiro atoms. The molecule has 1 saturated carbocycles. The molecule has 0 radical (unpaired) electrons. The Labute approximate surface area is 129 Å². The average molecular weight is 318 g/mol. The number of nitrogens with one attached hydrogen (secondary N) is 1. The van der Waals surface area contributed by atoms with Gasteiger partial charge in [-0.3, -0.25) is 0 Å². The number of carbonyl (C=O) groups excluding carboxylic acids is 1. The van der Waals surface area contributed by atoms with Gasteiger partial charge in [0.05, 0.1) is 5.75 Å². The van der Waals surface area contributed by atoms with E-state index in [1.54, 1.807) is 20.9 Å². The Morgan fingerprint density at radius 3 is 2.48 bits per heavy atom. The van der Waals surface area contributed by atoms with E-state index in [4.69, 9.17) is 0 Å². The van der Waals surface area contributed by atoms with Gasteiger partial charge in [-0.05, 0) is 25.7 Å². The van der Waals surface area contributed by atoms with E-state index in [9.17, 15) is 13.2 Å². The predicted molar refractivity (Wildman–Crippen MR) is 86.1 cm³/mol. The third-order valence-corrected chi connectivity index (χ3v) is 6.53. The molecular weight excluding hydrogens is 288 g/mol. The summed E-state index contributed by atoms with van der Waals surface area (Å²) in [6.45, 7) is 5.58. The number of nitrogens with zero attached hydrogens (tertiary/aromatic N) is 1. The van der Waals surface area contributed by atoms with Crippen LogP contribution in [0.2, 0.25) is 0 Å². The molecule has 21 heavy (non-hydrogen) atoms. The molecule has 124 valence electrons. The second kappa shape index (κ2) is 8.01. The second-order valence-corrected chi connectivity index (χ2v) is 8.57. The fourth-order valence-electron chi connectivity index (χ4n) is 2.94. The average Bonchev–Trinajstić information content (AvgIpc) is 2.46. The Morgan fingerprint density at radius 2 is 1.90 bits per heavy atom. The van der Waals surface area contributed by atoms with Crippen LogP contribution < -0.4 is 5.32 Å². The minimum absolute atomic E-state index is 0.0231. The Kier molecular flexibility index (Phi) is 6.97. The van der Waals surface area contributed by atoms with Crippen LogP contribution in [0.15, 0.2) is 0 Å². The molecule has 3 atom stereocenters. The fraction of sp³-hybridized carbons (Fsp3) is 0.933. The highest BCUT2D eigenvalue weighted by Gasteiger charge is 2.28. The maximum absolute atomic E-state index is 12.3. The monoisotopic (exact) mass is 318 g/mol. The van der Waals surface area contributed by atoms with Crippen molar-refractivity contribution in [3.63, 3.8) is 0 Å². The van der Waals surface area contributed by atoms with Crippen molar-refractivity contribution in [1.29, 1.82) is 0 Å². The molecule has 0 aromatic rings. The first-order chi connectivity index (χ1) is 9.80. The quantitative estimate of drug-likeness (QED) is 0.818. The maximum atomic E-state index is 12.3. The molecule has 0 saturated heterocycles. The van der Waals surface area contributed by atoms with E-state index in [0.717, 1.165) is 19.3 Å². The molecule has 0 aliphatic heterocycles. The van der Waals surface area contributed by atoms with Crippen molar-refractivity contribution in [2.24, 2.45) is 5.92 Å². The number of urea groups is 1. The number of hydrogen-bond acceptors (Lipinski definition) is 3. The Hall–Kier alpha value is -0.780. The topological polar surface area (TPSA) is 66.5 Å². The first-order valence-electron chi connectivity index (χ1n) is 8.04. The zero-order valence-corrected chi connectivity index (χ0v) is 14.6. The van der Waals surface area contributed by atoms with Gasteiger partial charge in [-0.15, -0.1) is 0 Å². The van der Waals surface area contributed by atoms with Crippen molar-refractivity contribution in [3.05, 3.63) is 0 Å². The van der Waals surface area contributed by atoms with Gasteiger partial charge < -0.3 is 10.2 Å². The molecule has 1 aliphatic rings. The van der Waals surface area contributed by atoms with E-state index in [0.29, 0.717) is 5.92 Å². The van der Waals surface area contributed by atoms with E-state index < -0.39 is 9.84 Å². The molecule has 1 aliphatic carbocycles. The van der Waals surface area contributed by atoms with Crippen LogP contribution in [0.1, 0.15) is 52.9 Å². The van der Waals surface area contributed by atoms with Gasteiger partial charge in [0.25, 0.3) is 0 Å². The van der Waals surface area contributed by atoms with Crippen LogP contribution in [-0.2, 0) is 9.84 Å². The highest BCUT2D eigenvalue weighted by molar-refractivity contribution is 7.91. The van der Waals surface area contributed by atoms with Crippen LogP contribution in [0.3, 0.4) is 0 Å². The minimum atomic E-state index is -3.07. The van der Waals surface area contributed by atoms with Gasteiger partial charge in [-0.1, -0.05) is 33.1 Å². The van der Waals surface area contributed by atoms with Gasteiger partial charge >= 0.3 is 6.03 Å². The van der Waals surface area contributed by atoms with Gasteiger partial charge in [0.1, 0.15) is 0 Å². The largest absolute Gasteiger partial charge is 0.335 e. The van der Waals surface area contributed by atoms with Crippen LogP contribution in [0.4, 0.5) is 4.79 Å². The summed E-state index contributed by atoms with van der Waals surface area (Å²) in [6.07, 6.45) is 5.68. The standard InChI is InChI=1S/C15H30N2O3S/c1-5-13-9-7-8-10-14(13)16-15(18)17(4)12(3)11-21(19,20)6-2/h12-14H,5-11H2,1-4H3,(H,16,18)/t12-,13-,14-/m1/s1. The van der Waals surface area contributed by atoms with E-state index >= 15 is 0 Å². The van der Waals surface area contributed by atoms with Crippen molar-refractivity contribution in [2.45, 2.75) is 65.0 Å². The molecule has 5 nitrogen and oxygen atoms in total. The molecule has 0 aromatic carbocycles. The third-order valence-electron chi connectivity index (χ3n) is 4.66. The third kappa shape index (κ3) is 5.49. The molecule has 2 amide bonds. The zero-order chi connectivity index (χ0) is 16.0. The zero-order valence-electron chi connectivity index (χ0n) is 13.8. The SMILES string of the molecule is CC[C@@H]1CCCC[C@H]1NC(=O)N(C)[C@H](C)CS(=O)(=O)CC. The van der Waals surface area contributed by atoms with Crippen LogP contribution in [0.5, 0.6) is 0 Å².